The Morgan fingerprint density at radius 1 is 0.660 bits per heavy atom. The molecular formula is C34H45N3O10. The van der Waals surface area contributed by atoms with Gasteiger partial charge in [-0.2, -0.15) is 0 Å². The van der Waals surface area contributed by atoms with Crippen molar-refractivity contribution in [2.75, 3.05) is 6.61 Å². The number of carbonyl (C=O) groups is 6. The molecule has 0 spiro atoms. The normalized spacial score (nSPS) is 13.0. The van der Waals surface area contributed by atoms with Gasteiger partial charge in [-0.1, -0.05) is 38.1 Å². The number of hydrogen-bond donors (Lipinski definition) is 3. The first kappa shape index (κ1) is 38.2. The highest BCUT2D eigenvalue weighted by atomic mass is 16.6. The number of ether oxygens (including phenoxy) is 4. The highest BCUT2D eigenvalue weighted by molar-refractivity contribution is 5.91. The van der Waals surface area contributed by atoms with Gasteiger partial charge in [0.25, 0.3) is 0 Å². The van der Waals surface area contributed by atoms with E-state index in [0.717, 1.165) is 5.56 Å². The molecule has 2 aromatic rings. The third-order valence-corrected chi connectivity index (χ3v) is 6.38. The fourth-order valence-corrected chi connectivity index (χ4v) is 4.35. The van der Waals surface area contributed by atoms with E-state index in [9.17, 15) is 28.8 Å². The van der Waals surface area contributed by atoms with E-state index in [2.05, 4.69) is 16.0 Å². The molecule has 0 aromatic heterocycles. The van der Waals surface area contributed by atoms with Crippen molar-refractivity contribution < 1.29 is 47.7 Å². The van der Waals surface area contributed by atoms with E-state index >= 15 is 0 Å². The topological polar surface area (TPSA) is 175 Å². The quantitative estimate of drug-likeness (QED) is 0.202. The standard InChI is InChI=1S/C34H45N3O10/c1-20(2)30(32(42)35-26(19-44-21(3)38)17-24-9-13-27(14-10-24)45-22(4)39)37-31(41)29(36-33(43)47-34(6,7)8)18-25-11-15-28(16-12-25)46-23(5)40/h9-16,20,26,29-30H,17-19H2,1-8H3,(H,35,42)(H,36,43)(H,37,41)/t26-,29-,30-/m0/s1. The van der Waals surface area contributed by atoms with Gasteiger partial charge in [0.1, 0.15) is 35.8 Å². The Labute approximate surface area is 275 Å². The first-order chi connectivity index (χ1) is 21.9. The molecule has 2 rings (SSSR count). The summed E-state index contributed by atoms with van der Waals surface area (Å²) in [7, 11) is 0. The van der Waals surface area contributed by atoms with Gasteiger partial charge in [-0.05, 0) is 68.5 Å². The maximum atomic E-state index is 13.6. The van der Waals surface area contributed by atoms with E-state index < -0.39 is 59.5 Å². The SMILES string of the molecule is CC(=O)OC[C@H](Cc1ccc(OC(C)=O)cc1)NC(=O)[C@@H](NC(=O)[C@H](Cc1ccc(OC(C)=O)cc1)NC(=O)OC(C)(C)C)C(C)C. The monoisotopic (exact) mass is 655 g/mol. The third-order valence-electron chi connectivity index (χ3n) is 6.38. The lowest BCUT2D eigenvalue weighted by Gasteiger charge is -2.28. The Morgan fingerprint density at radius 2 is 1.15 bits per heavy atom. The summed E-state index contributed by atoms with van der Waals surface area (Å²) in [6.45, 7) is 12.3. The summed E-state index contributed by atoms with van der Waals surface area (Å²) in [5.41, 5.74) is 0.586. The second kappa shape index (κ2) is 17.7. The molecule has 3 atom stereocenters. The molecule has 0 unspecified atom stereocenters. The minimum atomic E-state index is -1.13. The summed E-state index contributed by atoms with van der Waals surface area (Å²) in [5.74, 6) is -2.31. The lowest BCUT2D eigenvalue weighted by molar-refractivity contribution is -0.142. The molecule has 0 aliphatic rings. The van der Waals surface area contributed by atoms with Gasteiger partial charge in [-0.15, -0.1) is 0 Å². The van der Waals surface area contributed by atoms with Crippen LogP contribution >= 0.6 is 0 Å². The van der Waals surface area contributed by atoms with Crippen LogP contribution in [0.3, 0.4) is 0 Å². The Hall–Kier alpha value is -4.94. The van der Waals surface area contributed by atoms with Gasteiger partial charge in [0, 0.05) is 27.2 Å². The minimum absolute atomic E-state index is 0.0380. The zero-order valence-corrected chi connectivity index (χ0v) is 28.1. The summed E-state index contributed by atoms with van der Waals surface area (Å²) in [6, 6.07) is 10.3. The van der Waals surface area contributed by atoms with Gasteiger partial charge in [0.2, 0.25) is 11.8 Å². The van der Waals surface area contributed by atoms with Gasteiger partial charge in [0.05, 0.1) is 6.04 Å². The minimum Gasteiger partial charge on any atom is -0.464 e. The fraction of sp³-hybridized carbons (Fsp3) is 0.471. The van der Waals surface area contributed by atoms with E-state index in [4.69, 9.17) is 18.9 Å². The number of hydrogen-bond acceptors (Lipinski definition) is 10. The van der Waals surface area contributed by atoms with Crippen molar-refractivity contribution in [3.05, 3.63) is 59.7 Å². The summed E-state index contributed by atoms with van der Waals surface area (Å²) in [6.07, 6.45) is -0.512. The van der Waals surface area contributed by atoms with Crippen LogP contribution in [0.15, 0.2) is 48.5 Å². The molecule has 0 heterocycles. The average molecular weight is 656 g/mol. The molecule has 0 aliphatic carbocycles. The number of esters is 3. The number of carbonyl (C=O) groups excluding carboxylic acids is 6. The van der Waals surface area contributed by atoms with Crippen LogP contribution in [0.4, 0.5) is 4.79 Å². The maximum absolute atomic E-state index is 13.6. The molecule has 0 saturated heterocycles. The highest BCUT2D eigenvalue weighted by Gasteiger charge is 2.31. The maximum Gasteiger partial charge on any atom is 0.408 e. The molecule has 3 N–H and O–H groups in total. The van der Waals surface area contributed by atoms with E-state index in [1.165, 1.54) is 20.8 Å². The molecule has 0 saturated carbocycles. The van der Waals surface area contributed by atoms with Crippen molar-refractivity contribution in [3.8, 4) is 11.5 Å². The summed E-state index contributed by atoms with van der Waals surface area (Å²) >= 11 is 0. The first-order valence-corrected chi connectivity index (χ1v) is 15.2. The lowest BCUT2D eigenvalue weighted by atomic mass is 10.00. The van der Waals surface area contributed by atoms with Crippen molar-refractivity contribution in [1.82, 2.24) is 16.0 Å². The van der Waals surface area contributed by atoms with Crippen LogP contribution in [0.5, 0.6) is 11.5 Å². The van der Waals surface area contributed by atoms with Crippen molar-refractivity contribution in [2.24, 2.45) is 5.92 Å². The van der Waals surface area contributed by atoms with E-state index in [1.807, 2.05) is 0 Å². The van der Waals surface area contributed by atoms with Crippen LogP contribution in [-0.2, 0) is 46.3 Å². The van der Waals surface area contributed by atoms with Crippen molar-refractivity contribution >= 4 is 35.8 Å². The molecule has 2 aromatic carbocycles. The summed E-state index contributed by atoms with van der Waals surface area (Å²) in [4.78, 5) is 74.0. The largest absolute Gasteiger partial charge is 0.464 e. The Morgan fingerprint density at radius 3 is 1.57 bits per heavy atom. The van der Waals surface area contributed by atoms with Gasteiger partial charge < -0.3 is 34.9 Å². The summed E-state index contributed by atoms with van der Waals surface area (Å²) in [5, 5.41) is 8.22. The zero-order valence-electron chi connectivity index (χ0n) is 28.1. The van der Waals surface area contributed by atoms with Gasteiger partial charge >= 0.3 is 24.0 Å². The molecule has 13 nitrogen and oxygen atoms in total. The zero-order chi connectivity index (χ0) is 35.3. The van der Waals surface area contributed by atoms with Crippen LogP contribution in [0.1, 0.15) is 66.5 Å². The second-order valence-corrected chi connectivity index (χ2v) is 12.3. The van der Waals surface area contributed by atoms with Crippen LogP contribution in [0.2, 0.25) is 0 Å². The summed E-state index contributed by atoms with van der Waals surface area (Å²) < 4.78 is 20.7. The van der Waals surface area contributed by atoms with Gasteiger partial charge in [-0.25, -0.2) is 4.79 Å². The van der Waals surface area contributed by atoms with Crippen LogP contribution < -0.4 is 25.4 Å². The number of alkyl carbamates (subject to hydrolysis) is 1. The van der Waals surface area contributed by atoms with E-state index in [0.29, 0.717) is 17.1 Å². The first-order valence-electron chi connectivity index (χ1n) is 15.2. The highest BCUT2D eigenvalue weighted by Crippen LogP contribution is 2.16. The molecule has 47 heavy (non-hydrogen) atoms. The average Bonchev–Trinajstić information content (AvgIpc) is 2.94. The number of amides is 3. The predicted octanol–water partition coefficient (Wildman–Crippen LogP) is 3.40. The second-order valence-electron chi connectivity index (χ2n) is 12.3. The van der Waals surface area contributed by atoms with Crippen LogP contribution in [0, 0.1) is 5.92 Å². The number of rotatable bonds is 14. The molecule has 0 aliphatic heterocycles. The Bertz CT molecular complexity index is 1400. The van der Waals surface area contributed by atoms with Crippen LogP contribution in [-0.4, -0.2) is 66.1 Å². The molecular weight excluding hydrogens is 610 g/mol. The third kappa shape index (κ3) is 14.8. The number of benzene rings is 2. The molecule has 3 amide bonds. The molecule has 0 bridgehead atoms. The predicted molar refractivity (Wildman–Crippen MR) is 171 cm³/mol. The van der Waals surface area contributed by atoms with Gasteiger partial charge in [-0.3, -0.25) is 24.0 Å². The molecule has 256 valence electrons. The molecule has 13 heteroatoms. The molecule has 0 radical (unpaired) electrons. The Balaban J connectivity index is 2.25. The smallest absolute Gasteiger partial charge is 0.408 e. The van der Waals surface area contributed by atoms with Crippen LogP contribution in [0.25, 0.3) is 0 Å². The van der Waals surface area contributed by atoms with Crippen molar-refractivity contribution in [3.63, 3.8) is 0 Å². The van der Waals surface area contributed by atoms with Gasteiger partial charge in [0.15, 0.2) is 0 Å². The fourth-order valence-electron chi connectivity index (χ4n) is 4.35. The lowest BCUT2D eigenvalue weighted by Crippen LogP contribution is -2.58. The van der Waals surface area contributed by atoms with Crippen molar-refractivity contribution in [2.45, 2.75) is 92.0 Å². The van der Waals surface area contributed by atoms with E-state index in [-0.39, 0.29) is 25.4 Å². The number of nitrogens with one attached hydrogen (secondary N) is 3. The molecule has 0 fully saturated rings. The van der Waals surface area contributed by atoms with Crippen molar-refractivity contribution in [1.29, 1.82) is 0 Å². The van der Waals surface area contributed by atoms with E-state index in [1.54, 1.807) is 83.1 Å². The Kier molecular flexibility index (Phi) is 14.4.